The van der Waals surface area contributed by atoms with Gasteiger partial charge in [-0.15, -0.1) is 0 Å². The second-order valence-electron chi connectivity index (χ2n) is 10.9. The van der Waals surface area contributed by atoms with Gasteiger partial charge in [0.2, 0.25) is 0 Å². The van der Waals surface area contributed by atoms with E-state index in [1.807, 2.05) is 36.4 Å². The minimum atomic E-state index is -0.874. The lowest BCUT2D eigenvalue weighted by molar-refractivity contribution is 0.101. The molecule has 0 aliphatic heterocycles. The molecule has 0 saturated carbocycles. The molecule has 6 rings (SSSR count). The Morgan fingerprint density at radius 1 is 0.565 bits per heavy atom. The van der Waals surface area contributed by atoms with Gasteiger partial charge in [0.15, 0.2) is 5.78 Å². The number of hydrogen-bond donors (Lipinski definition) is 0. The minimum Gasteiger partial charge on any atom is -0.497 e. The smallest absolute Gasteiger partial charge is 0.159 e. The third kappa shape index (κ3) is 6.71. The van der Waals surface area contributed by atoms with Crippen LogP contribution in [0, 0.1) is 0 Å². The molecule has 0 radical (unpaired) electrons. The largest absolute Gasteiger partial charge is 0.497 e. The van der Waals surface area contributed by atoms with Crippen molar-refractivity contribution in [1.82, 2.24) is 0 Å². The monoisotopic (exact) mass is 618 g/mol. The third-order valence-electron chi connectivity index (χ3n) is 8.01. The van der Waals surface area contributed by atoms with E-state index in [0.29, 0.717) is 5.56 Å². The summed E-state index contributed by atoms with van der Waals surface area (Å²) in [4.78, 5) is 12.8. The van der Waals surface area contributed by atoms with Gasteiger partial charge < -0.3 is 9.47 Å². The van der Waals surface area contributed by atoms with Crippen molar-refractivity contribution >= 4 is 41.3 Å². The van der Waals surface area contributed by atoms with Crippen molar-refractivity contribution in [2.75, 3.05) is 14.2 Å². The van der Waals surface area contributed by atoms with Gasteiger partial charge >= 0.3 is 0 Å². The standard InChI is InChI=1S/C42H35O3P/c1-30(43)33-22-27-38(39-16-10-11-17-42(39)46(36-12-6-4-7-13-36)37-14-8-5-9-15-37)41(29-33)40(32-20-25-35(45-3)26-21-32)28-31-18-23-34(44-2)24-19-31/h4-29H,1-3H3/b40-28+. The van der Waals surface area contributed by atoms with E-state index in [2.05, 4.69) is 121 Å². The number of carbonyl (C=O) groups excluding carboxylic acids is 1. The number of ether oxygens (including phenoxy) is 2. The maximum Gasteiger partial charge on any atom is 0.159 e. The molecule has 0 fully saturated rings. The molecule has 0 aliphatic carbocycles. The van der Waals surface area contributed by atoms with Gasteiger partial charge in [0.25, 0.3) is 0 Å². The molecule has 0 heterocycles. The molecule has 4 heteroatoms. The highest BCUT2D eigenvalue weighted by molar-refractivity contribution is 7.80. The molecule has 0 atom stereocenters. The van der Waals surface area contributed by atoms with E-state index < -0.39 is 7.92 Å². The highest BCUT2D eigenvalue weighted by Crippen LogP contribution is 2.41. The van der Waals surface area contributed by atoms with Crippen LogP contribution in [0.4, 0.5) is 0 Å². The number of benzene rings is 6. The maximum absolute atomic E-state index is 12.8. The van der Waals surface area contributed by atoms with Gasteiger partial charge in [0, 0.05) is 5.56 Å². The zero-order valence-electron chi connectivity index (χ0n) is 26.2. The molecule has 0 aromatic heterocycles. The molecule has 46 heavy (non-hydrogen) atoms. The third-order valence-corrected chi connectivity index (χ3v) is 10.5. The van der Waals surface area contributed by atoms with E-state index in [-0.39, 0.29) is 5.78 Å². The molecule has 0 unspecified atom stereocenters. The van der Waals surface area contributed by atoms with Gasteiger partial charge in [-0.05, 0) is 101 Å². The van der Waals surface area contributed by atoms with Crippen LogP contribution in [0.5, 0.6) is 11.5 Å². The second kappa shape index (κ2) is 14.2. The van der Waals surface area contributed by atoms with Crippen molar-refractivity contribution in [3.8, 4) is 22.6 Å². The van der Waals surface area contributed by atoms with Gasteiger partial charge in [0.05, 0.1) is 14.2 Å². The Morgan fingerprint density at radius 2 is 1.09 bits per heavy atom. The van der Waals surface area contributed by atoms with Crippen molar-refractivity contribution in [2.24, 2.45) is 0 Å². The Labute approximate surface area is 272 Å². The van der Waals surface area contributed by atoms with Crippen LogP contribution < -0.4 is 25.4 Å². The Morgan fingerprint density at radius 3 is 1.65 bits per heavy atom. The van der Waals surface area contributed by atoms with Gasteiger partial charge in [-0.3, -0.25) is 4.79 Å². The first-order valence-corrected chi connectivity index (χ1v) is 16.5. The highest BCUT2D eigenvalue weighted by atomic mass is 31.1. The molecule has 6 aromatic carbocycles. The Hall–Kier alpha value is -5.24. The summed E-state index contributed by atoms with van der Waals surface area (Å²) in [5.74, 6) is 1.61. The predicted molar refractivity (Wildman–Crippen MR) is 194 cm³/mol. The van der Waals surface area contributed by atoms with Crippen molar-refractivity contribution in [2.45, 2.75) is 6.92 Å². The van der Waals surface area contributed by atoms with Crippen LogP contribution in [0.1, 0.15) is 34.0 Å². The van der Waals surface area contributed by atoms with Gasteiger partial charge in [-0.1, -0.05) is 121 Å². The van der Waals surface area contributed by atoms with Crippen molar-refractivity contribution < 1.29 is 14.3 Å². The lowest BCUT2D eigenvalue weighted by Crippen LogP contribution is -2.22. The highest BCUT2D eigenvalue weighted by Gasteiger charge is 2.23. The average molecular weight is 619 g/mol. The Balaban J connectivity index is 1.62. The topological polar surface area (TPSA) is 35.5 Å². The van der Waals surface area contributed by atoms with E-state index in [1.54, 1.807) is 21.1 Å². The van der Waals surface area contributed by atoms with Gasteiger partial charge in [0.1, 0.15) is 11.5 Å². The molecular weight excluding hydrogens is 583 g/mol. The quantitative estimate of drug-likeness (QED) is 0.0874. The van der Waals surface area contributed by atoms with E-state index in [0.717, 1.165) is 44.9 Å². The fourth-order valence-electron chi connectivity index (χ4n) is 5.65. The van der Waals surface area contributed by atoms with Crippen molar-refractivity contribution in [1.29, 1.82) is 0 Å². The van der Waals surface area contributed by atoms with Crippen LogP contribution in [-0.4, -0.2) is 20.0 Å². The molecule has 226 valence electrons. The number of ketones is 1. The Bertz CT molecular complexity index is 1920. The van der Waals surface area contributed by atoms with Crippen LogP contribution in [0.2, 0.25) is 0 Å². The van der Waals surface area contributed by atoms with Gasteiger partial charge in [-0.2, -0.15) is 0 Å². The number of hydrogen-bond acceptors (Lipinski definition) is 3. The number of rotatable bonds is 10. The molecular formula is C42H35O3P. The summed E-state index contributed by atoms with van der Waals surface area (Å²) in [6.07, 6.45) is 2.18. The molecule has 0 saturated heterocycles. The van der Waals surface area contributed by atoms with Crippen molar-refractivity contribution in [3.63, 3.8) is 0 Å². The zero-order chi connectivity index (χ0) is 31.9. The molecule has 0 N–H and O–H groups in total. The molecule has 6 aromatic rings. The SMILES string of the molecule is COc1ccc(/C=C(\c2ccc(OC)cc2)c2cc(C(C)=O)ccc2-c2ccccc2P(c2ccccc2)c2ccccc2)cc1. The van der Waals surface area contributed by atoms with E-state index in [4.69, 9.17) is 9.47 Å². The number of methoxy groups -OCH3 is 2. The van der Waals surface area contributed by atoms with Crippen LogP contribution in [0.3, 0.4) is 0 Å². The molecule has 0 aliphatic rings. The molecule has 3 nitrogen and oxygen atoms in total. The predicted octanol–water partition coefficient (Wildman–Crippen LogP) is 8.92. The summed E-state index contributed by atoms with van der Waals surface area (Å²) in [5.41, 5.74) is 6.90. The summed E-state index contributed by atoms with van der Waals surface area (Å²) < 4.78 is 10.9. The molecule has 0 amide bonds. The first-order valence-electron chi connectivity index (χ1n) is 15.2. The summed E-state index contributed by atoms with van der Waals surface area (Å²) in [5, 5.41) is 3.81. The lowest BCUT2D eigenvalue weighted by Gasteiger charge is -2.24. The van der Waals surface area contributed by atoms with Gasteiger partial charge in [-0.25, -0.2) is 0 Å². The summed E-state index contributed by atoms with van der Waals surface area (Å²) in [7, 11) is 2.47. The van der Waals surface area contributed by atoms with E-state index in [9.17, 15) is 4.79 Å². The first-order chi connectivity index (χ1) is 22.6. The minimum absolute atomic E-state index is 0.0236. The normalized spacial score (nSPS) is 11.3. The lowest BCUT2D eigenvalue weighted by atomic mass is 9.87. The van der Waals surface area contributed by atoms with E-state index in [1.165, 1.54) is 15.9 Å². The maximum atomic E-state index is 12.8. The van der Waals surface area contributed by atoms with Crippen LogP contribution in [0.15, 0.2) is 152 Å². The number of Topliss-reactive ketones (excluding diaryl/α,β-unsaturated/α-hetero) is 1. The molecule has 0 spiro atoms. The summed E-state index contributed by atoms with van der Waals surface area (Å²) >= 11 is 0. The summed E-state index contributed by atoms with van der Waals surface area (Å²) in [6.45, 7) is 1.62. The zero-order valence-corrected chi connectivity index (χ0v) is 27.1. The van der Waals surface area contributed by atoms with Crippen molar-refractivity contribution in [3.05, 3.63) is 174 Å². The van der Waals surface area contributed by atoms with Crippen LogP contribution in [0.25, 0.3) is 22.8 Å². The fourth-order valence-corrected chi connectivity index (χ4v) is 8.12. The van der Waals surface area contributed by atoms with Crippen LogP contribution >= 0.6 is 7.92 Å². The summed E-state index contributed by atoms with van der Waals surface area (Å²) in [6, 6.07) is 52.4. The average Bonchev–Trinajstić information content (AvgIpc) is 3.12. The first kappa shape index (κ1) is 30.8. The number of carbonyl (C=O) groups is 1. The second-order valence-corrected chi connectivity index (χ2v) is 13.1. The molecule has 0 bridgehead atoms. The van der Waals surface area contributed by atoms with Crippen LogP contribution in [-0.2, 0) is 0 Å². The van der Waals surface area contributed by atoms with E-state index >= 15 is 0 Å². The Kier molecular flexibility index (Phi) is 9.53. The fraction of sp³-hybridized carbons (Fsp3) is 0.0714.